The monoisotopic (exact) mass is 244 g/mol. The van der Waals surface area contributed by atoms with Crippen LogP contribution in [-0.4, -0.2) is 35.7 Å². The normalized spacial score (nSPS) is 13.7. The Hall–Kier alpha value is -1.88. The number of nitrogens with one attached hydrogen (secondary N) is 1. The van der Waals surface area contributed by atoms with Gasteiger partial charge >= 0.3 is 0 Å². The lowest BCUT2D eigenvalue weighted by atomic mass is 10.1. The maximum Gasteiger partial charge on any atom is 0.258 e. The Balaban J connectivity index is 1.88. The molecule has 0 fully saturated rings. The van der Waals surface area contributed by atoms with Gasteiger partial charge in [-0.1, -0.05) is 11.2 Å². The van der Waals surface area contributed by atoms with Crippen molar-refractivity contribution < 1.29 is 4.52 Å². The van der Waals surface area contributed by atoms with Gasteiger partial charge in [-0.05, 0) is 38.2 Å². The van der Waals surface area contributed by atoms with Crippen molar-refractivity contribution in [2.24, 2.45) is 0 Å². The van der Waals surface area contributed by atoms with E-state index >= 15 is 0 Å². The van der Waals surface area contributed by atoms with Crippen LogP contribution in [0.25, 0.3) is 11.5 Å². The van der Waals surface area contributed by atoms with Crippen LogP contribution in [0.15, 0.2) is 22.7 Å². The van der Waals surface area contributed by atoms with Gasteiger partial charge in [-0.15, -0.1) is 0 Å². The molecule has 0 bridgehead atoms. The van der Waals surface area contributed by atoms with E-state index in [0.717, 1.165) is 18.5 Å². The van der Waals surface area contributed by atoms with Gasteiger partial charge < -0.3 is 14.7 Å². The summed E-state index contributed by atoms with van der Waals surface area (Å²) in [5, 5.41) is 7.33. The smallest absolute Gasteiger partial charge is 0.258 e. The molecule has 2 heterocycles. The highest BCUT2D eigenvalue weighted by Gasteiger charge is 2.14. The average Bonchev–Trinajstić information content (AvgIpc) is 2.95. The molecule has 3 rings (SSSR count). The molecule has 1 aliphatic heterocycles. The Morgan fingerprint density at radius 3 is 3.11 bits per heavy atom. The summed E-state index contributed by atoms with van der Waals surface area (Å²) in [6, 6.07) is 6.24. The van der Waals surface area contributed by atoms with Gasteiger partial charge in [-0.3, -0.25) is 0 Å². The zero-order chi connectivity index (χ0) is 12.5. The van der Waals surface area contributed by atoms with Crippen LogP contribution in [0.5, 0.6) is 0 Å². The van der Waals surface area contributed by atoms with Crippen LogP contribution in [0.2, 0.25) is 0 Å². The highest BCUT2D eigenvalue weighted by atomic mass is 16.5. The number of rotatable bonds is 3. The zero-order valence-corrected chi connectivity index (χ0v) is 10.6. The first-order valence-corrected chi connectivity index (χ1v) is 6.07. The Bertz CT molecular complexity index is 562. The van der Waals surface area contributed by atoms with Crippen molar-refractivity contribution in [3.8, 4) is 11.5 Å². The van der Waals surface area contributed by atoms with E-state index in [4.69, 9.17) is 4.52 Å². The molecule has 1 N–H and O–H groups in total. The van der Waals surface area contributed by atoms with E-state index in [2.05, 4.69) is 27.6 Å². The third kappa shape index (κ3) is 2.09. The summed E-state index contributed by atoms with van der Waals surface area (Å²) in [7, 11) is 3.96. The van der Waals surface area contributed by atoms with Gasteiger partial charge in [0.15, 0.2) is 5.82 Å². The molecule has 0 saturated carbocycles. The SMILES string of the molecule is CN(C)Cc1noc(-c2ccc3c(c2)NCC3)n1. The third-order valence-corrected chi connectivity index (χ3v) is 2.99. The molecule has 1 aromatic carbocycles. The van der Waals surface area contributed by atoms with Crippen LogP contribution in [0.4, 0.5) is 5.69 Å². The Labute approximate surface area is 106 Å². The van der Waals surface area contributed by atoms with E-state index in [1.54, 1.807) is 0 Å². The second-order valence-corrected chi connectivity index (χ2v) is 4.80. The summed E-state index contributed by atoms with van der Waals surface area (Å²) >= 11 is 0. The topological polar surface area (TPSA) is 54.2 Å². The van der Waals surface area contributed by atoms with Crippen molar-refractivity contribution in [1.82, 2.24) is 15.0 Å². The van der Waals surface area contributed by atoms with E-state index in [0.29, 0.717) is 18.3 Å². The molecule has 1 aliphatic rings. The van der Waals surface area contributed by atoms with Crippen LogP contribution < -0.4 is 5.32 Å². The van der Waals surface area contributed by atoms with Crippen LogP contribution >= 0.6 is 0 Å². The molecule has 2 aromatic rings. The van der Waals surface area contributed by atoms with Gasteiger partial charge in [0.1, 0.15) is 0 Å². The van der Waals surface area contributed by atoms with E-state index in [9.17, 15) is 0 Å². The van der Waals surface area contributed by atoms with E-state index in [1.807, 2.05) is 25.1 Å². The summed E-state index contributed by atoms with van der Waals surface area (Å²) in [5.41, 5.74) is 3.51. The predicted octanol–water partition coefficient (Wildman–Crippen LogP) is 1.77. The lowest BCUT2D eigenvalue weighted by Gasteiger charge is -2.03. The minimum Gasteiger partial charge on any atom is -0.384 e. The Kier molecular flexibility index (Phi) is 2.76. The quantitative estimate of drug-likeness (QED) is 0.891. The average molecular weight is 244 g/mol. The van der Waals surface area contributed by atoms with Crippen molar-refractivity contribution in [2.75, 3.05) is 26.0 Å². The third-order valence-electron chi connectivity index (χ3n) is 2.99. The van der Waals surface area contributed by atoms with Crippen molar-refractivity contribution in [3.05, 3.63) is 29.6 Å². The van der Waals surface area contributed by atoms with Crippen LogP contribution in [0.1, 0.15) is 11.4 Å². The number of hydrogen-bond acceptors (Lipinski definition) is 5. The second kappa shape index (κ2) is 4.42. The molecule has 94 valence electrons. The van der Waals surface area contributed by atoms with Gasteiger partial charge in [0.25, 0.3) is 5.89 Å². The van der Waals surface area contributed by atoms with Gasteiger partial charge in [0.2, 0.25) is 0 Å². The van der Waals surface area contributed by atoms with Crippen LogP contribution in [0, 0.1) is 0 Å². The molecular formula is C13H16N4O. The van der Waals surface area contributed by atoms with Crippen molar-refractivity contribution >= 4 is 5.69 Å². The molecule has 5 nitrogen and oxygen atoms in total. The minimum absolute atomic E-state index is 0.586. The van der Waals surface area contributed by atoms with Crippen molar-refractivity contribution in [3.63, 3.8) is 0 Å². The minimum atomic E-state index is 0.586. The molecule has 18 heavy (non-hydrogen) atoms. The summed E-state index contributed by atoms with van der Waals surface area (Å²) < 4.78 is 5.30. The van der Waals surface area contributed by atoms with E-state index in [-0.39, 0.29) is 0 Å². The standard InChI is InChI=1S/C13H16N4O/c1-17(2)8-12-15-13(18-16-12)10-4-3-9-5-6-14-11(9)7-10/h3-4,7,14H,5-6,8H2,1-2H3. The molecule has 0 atom stereocenters. The molecule has 5 heteroatoms. The van der Waals surface area contributed by atoms with E-state index in [1.165, 1.54) is 11.3 Å². The summed E-state index contributed by atoms with van der Waals surface area (Å²) in [5.74, 6) is 1.30. The van der Waals surface area contributed by atoms with Crippen molar-refractivity contribution in [2.45, 2.75) is 13.0 Å². The number of benzene rings is 1. The summed E-state index contributed by atoms with van der Waals surface area (Å²) in [4.78, 5) is 6.41. The maximum atomic E-state index is 5.30. The molecule has 0 amide bonds. The first-order chi connectivity index (χ1) is 8.72. The summed E-state index contributed by atoms with van der Waals surface area (Å²) in [6.07, 6.45) is 1.09. The molecule has 0 spiro atoms. The fourth-order valence-electron chi connectivity index (χ4n) is 2.14. The maximum absolute atomic E-state index is 5.30. The Morgan fingerprint density at radius 1 is 1.39 bits per heavy atom. The first kappa shape index (κ1) is 11.2. The largest absolute Gasteiger partial charge is 0.384 e. The molecule has 0 saturated heterocycles. The highest BCUT2D eigenvalue weighted by molar-refractivity contribution is 5.66. The zero-order valence-electron chi connectivity index (χ0n) is 10.6. The predicted molar refractivity (Wildman–Crippen MR) is 69.3 cm³/mol. The van der Waals surface area contributed by atoms with Gasteiger partial charge in [0, 0.05) is 17.8 Å². The summed E-state index contributed by atoms with van der Waals surface area (Å²) in [6.45, 7) is 1.70. The molecule has 0 aliphatic carbocycles. The Morgan fingerprint density at radius 2 is 2.28 bits per heavy atom. The lowest BCUT2D eigenvalue weighted by molar-refractivity contribution is 0.365. The van der Waals surface area contributed by atoms with Gasteiger partial charge in [0.05, 0.1) is 6.54 Å². The van der Waals surface area contributed by atoms with Crippen LogP contribution in [0.3, 0.4) is 0 Å². The van der Waals surface area contributed by atoms with Crippen molar-refractivity contribution in [1.29, 1.82) is 0 Å². The lowest BCUT2D eigenvalue weighted by Crippen LogP contribution is -2.11. The first-order valence-electron chi connectivity index (χ1n) is 6.07. The number of nitrogens with zero attached hydrogens (tertiary/aromatic N) is 3. The number of fused-ring (bicyclic) bond motifs is 1. The number of hydrogen-bond donors (Lipinski definition) is 1. The fraction of sp³-hybridized carbons (Fsp3) is 0.385. The van der Waals surface area contributed by atoms with E-state index < -0.39 is 0 Å². The van der Waals surface area contributed by atoms with Gasteiger partial charge in [-0.25, -0.2) is 0 Å². The molecule has 0 unspecified atom stereocenters. The second-order valence-electron chi connectivity index (χ2n) is 4.80. The fourth-order valence-corrected chi connectivity index (χ4v) is 2.14. The molecule has 0 radical (unpaired) electrons. The highest BCUT2D eigenvalue weighted by Crippen LogP contribution is 2.28. The molecular weight excluding hydrogens is 228 g/mol. The van der Waals surface area contributed by atoms with Gasteiger partial charge in [-0.2, -0.15) is 4.98 Å². The number of aromatic nitrogens is 2. The van der Waals surface area contributed by atoms with Crippen LogP contribution in [-0.2, 0) is 13.0 Å². The molecule has 1 aromatic heterocycles. The number of anilines is 1.